The normalized spacial score (nSPS) is 19.1. The number of aromatic amines is 1. The van der Waals surface area contributed by atoms with Crippen LogP contribution in [0.3, 0.4) is 0 Å². The van der Waals surface area contributed by atoms with Crippen molar-refractivity contribution in [2.45, 2.75) is 32.5 Å². The lowest BCUT2D eigenvalue weighted by Gasteiger charge is -2.27. The summed E-state index contributed by atoms with van der Waals surface area (Å²) < 4.78 is 0. The van der Waals surface area contributed by atoms with Gasteiger partial charge in [0.25, 0.3) is 0 Å². The third-order valence-corrected chi connectivity index (χ3v) is 5.25. The van der Waals surface area contributed by atoms with Crippen molar-refractivity contribution in [1.82, 2.24) is 25.0 Å². The molecule has 1 atom stereocenters. The average molecular weight is 361 g/mol. The van der Waals surface area contributed by atoms with Crippen molar-refractivity contribution in [3.05, 3.63) is 83.4 Å². The zero-order chi connectivity index (χ0) is 18.5. The molecule has 4 rings (SSSR count). The highest BCUT2D eigenvalue weighted by Gasteiger charge is 2.28. The molecular formula is C22H27N5. The van der Waals surface area contributed by atoms with Crippen LogP contribution in [0.25, 0.3) is 0 Å². The summed E-state index contributed by atoms with van der Waals surface area (Å²) in [5, 5.41) is 7.51. The zero-order valence-corrected chi connectivity index (χ0v) is 15.9. The minimum Gasteiger partial charge on any atom is -0.298 e. The molecule has 1 unspecified atom stereocenters. The number of nitrogens with one attached hydrogen (secondary N) is 1. The van der Waals surface area contributed by atoms with E-state index in [4.69, 9.17) is 0 Å². The molecule has 0 bridgehead atoms. The van der Waals surface area contributed by atoms with E-state index < -0.39 is 0 Å². The Morgan fingerprint density at radius 1 is 0.889 bits per heavy atom. The first kappa shape index (κ1) is 17.9. The number of aryl methyl sites for hydroxylation is 1. The van der Waals surface area contributed by atoms with Gasteiger partial charge in [0.05, 0.1) is 6.04 Å². The van der Waals surface area contributed by atoms with E-state index in [1.54, 1.807) is 0 Å². The molecule has 5 heteroatoms. The van der Waals surface area contributed by atoms with Gasteiger partial charge < -0.3 is 0 Å². The zero-order valence-electron chi connectivity index (χ0n) is 15.9. The Labute approximate surface area is 161 Å². The van der Waals surface area contributed by atoms with Crippen LogP contribution < -0.4 is 0 Å². The fourth-order valence-corrected chi connectivity index (χ4v) is 3.83. The first-order valence-electron chi connectivity index (χ1n) is 9.71. The Kier molecular flexibility index (Phi) is 5.61. The van der Waals surface area contributed by atoms with Crippen LogP contribution in [-0.2, 0) is 13.1 Å². The van der Waals surface area contributed by atoms with Gasteiger partial charge in [-0.1, -0.05) is 60.7 Å². The van der Waals surface area contributed by atoms with Gasteiger partial charge in [0, 0.05) is 32.7 Å². The topological polar surface area (TPSA) is 48.1 Å². The number of hydrogen-bond donors (Lipinski definition) is 1. The molecule has 3 aromatic rings. The second-order valence-corrected chi connectivity index (χ2v) is 7.30. The van der Waals surface area contributed by atoms with Gasteiger partial charge in [-0.05, 0) is 24.5 Å². The van der Waals surface area contributed by atoms with Crippen LogP contribution in [0, 0.1) is 6.92 Å². The summed E-state index contributed by atoms with van der Waals surface area (Å²) in [6.45, 7) is 7.02. The van der Waals surface area contributed by atoms with Crippen LogP contribution in [0.5, 0.6) is 0 Å². The van der Waals surface area contributed by atoms with Gasteiger partial charge in [-0.2, -0.15) is 5.10 Å². The maximum atomic E-state index is 4.65. The van der Waals surface area contributed by atoms with E-state index in [1.807, 2.05) is 6.92 Å². The minimum atomic E-state index is 0.246. The Bertz CT molecular complexity index is 830. The van der Waals surface area contributed by atoms with Gasteiger partial charge in [0.2, 0.25) is 0 Å². The quantitative estimate of drug-likeness (QED) is 0.755. The molecule has 2 aromatic carbocycles. The van der Waals surface area contributed by atoms with Crippen LogP contribution in [-0.4, -0.2) is 44.6 Å². The van der Waals surface area contributed by atoms with Gasteiger partial charge in [-0.3, -0.25) is 14.9 Å². The number of hydrogen-bond acceptors (Lipinski definition) is 4. The highest BCUT2D eigenvalue weighted by atomic mass is 15.3. The molecule has 2 heterocycles. The number of benzene rings is 2. The molecule has 1 saturated heterocycles. The van der Waals surface area contributed by atoms with Crippen molar-refractivity contribution in [3.63, 3.8) is 0 Å². The van der Waals surface area contributed by atoms with Crippen LogP contribution in [0.15, 0.2) is 60.7 Å². The molecule has 1 aromatic heterocycles. The summed E-state index contributed by atoms with van der Waals surface area (Å²) in [6.07, 6.45) is 1.04. The number of H-pyrrole nitrogens is 1. The largest absolute Gasteiger partial charge is 0.298 e. The van der Waals surface area contributed by atoms with Gasteiger partial charge in [0.15, 0.2) is 5.82 Å². The molecule has 1 aliphatic rings. The lowest BCUT2D eigenvalue weighted by molar-refractivity contribution is 0.187. The highest BCUT2D eigenvalue weighted by Crippen LogP contribution is 2.27. The third-order valence-electron chi connectivity index (χ3n) is 5.25. The van der Waals surface area contributed by atoms with Crippen molar-refractivity contribution >= 4 is 0 Å². The van der Waals surface area contributed by atoms with Crippen LogP contribution in [0.2, 0.25) is 0 Å². The maximum Gasteiger partial charge on any atom is 0.167 e. The summed E-state index contributed by atoms with van der Waals surface area (Å²) in [7, 11) is 0. The van der Waals surface area contributed by atoms with Crippen molar-refractivity contribution in [1.29, 1.82) is 0 Å². The Morgan fingerprint density at radius 2 is 1.56 bits per heavy atom. The van der Waals surface area contributed by atoms with E-state index in [-0.39, 0.29) is 6.04 Å². The maximum absolute atomic E-state index is 4.65. The Hall–Kier alpha value is -2.50. The fraction of sp³-hybridized carbons (Fsp3) is 0.364. The molecule has 27 heavy (non-hydrogen) atoms. The van der Waals surface area contributed by atoms with Gasteiger partial charge in [0.1, 0.15) is 5.82 Å². The summed E-state index contributed by atoms with van der Waals surface area (Å²) in [5.41, 5.74) is 2.71. The SMILES string of the molecule is Cc1nc(C2CCN(Cc3ccccc3)CCN2Cc2ccccc2)n[nH]1. The number of nitrogens with zero attached hydrogens (tertiary/aromatic N) is 4. The molecule has 140 valence electrons. The number of rotatable bonds is 5. The molecule has 0 aliphatic carbocycles. The first-order valence-corrected chi connectivity index (χ1v) is 9.71. The van der Waals surface area contributed by atoms with Gasteiger partial charge in [-0.25, -0.2) is 4.98 Å². The van der Waals surface area contributed by atoms with Crippen molar-refractivity contribution < 1.29 is 0 Å². The Balaban J connectivity index is 1.51. The number of aromatic nitrogens is 3. The molecule has 0 spiro atoms. The van der Waals surface area contributed by atoms with Crippen LogP contribution >= 0.6 is 0 Å². The molecule has 0 radical (unpaired) electrons. The molecule has 0 saturated carbocycles. The summed E-state index contributed by atoms with van der Waals surface area (Å²) in [5.74, 6) is 1.81. The van der Waals surface area contributed by atoms with E-state index in [2.05, 4.69) is 85.6 Å². The third kappa shape index (κ3) is 4.62. The fourth-order valence-electron chi connectivity index (χ4n) is 3.83. The lowest BCUT2D eigenvalue weighted by Crippen LogP contribution is -2.32. The molecule has 5 nitrogen and oxygen atoms in total. The van der Waals surface area contributed by atoms with Crippen molar-refractivity contribution in [3.8, 4) is 0 Å². The van der Waals surface area contributed by atoms with E-state index in [9.17, 15) is 0 Å². The minimum absolute atomic E-state index is 0.246. The second kappa shape index (κ2) is 8.46. The van der Waals surface area contributed by atoms with E-state index in [0.717, 1.165) is 50.8 Å². The first-order chi connectivity index (χ1) is 13.3. The predicted octanol–water partition coefficient (Wildman–Crippen LogP) is 3.56. The van der Waals surface area contributed by atoms with Crippen molar-refractivity contribution in [2.75, 3.05) is 19.6 Å². The molecule has 0 amide bonds. The second-order valence-electron chi connectivity index (χ2n) is 7.30. The summed E-state index contributed by atoms with van der Waals surface area (Å²) in [6, 6.07) is 21.7. The van der Waals surface area contributed by atoms with Crippen LogP contribution in [0.4, 0.5) is 0 Å². The molecule has 1 N–H and O–H groups in total. The van der Waals surface area contributed by atoms with Gasteiger partial charge >= 0.3 is 0 Å². The monoisotopic (exact) mass is 361 g/mol. The molecule has 1 fully saturated rings. The van der Waals surface area contributed by atoms with E-state index >= 15 is 0 Å². The smallest absolute Gasteiger partial charge is 0.167 e. The predicted molar refractivity (Wildman–Crippen MR) is 107 cm³/mol. The highest BCUT2D eigenvalue weighted by molar-refractivity contribution is 5.16. The van der Waals surface area contributed by atoms with Crippen LogP contribution in [0.1, 0.15) is 35.2 Å². The van der Waals surface area contributed by atoms with E-state index in [0.29, 0.717) is 0 Å². The van der Waals surface area contributed by atoms with Gasteiger partial charge in [-0.15, -0.1) is 0 Å². The lowest BCUT2D eigenvalue weighted by atomic mass is 10.1. The summed E-state index contributed by atoms with van der Waals surface area (Å²) >= 11 is 0. The average Bonchev–Trinajstić information content (AvgIpc) is 3.03. The summed E-state index contributed by atoms with van der Waals surface area (Å²) in [4.78, 5) is 9.73. The molecular weight excluding hydrogens is 334 g/mol. The van der Waals surface area contributed by atoms with E-state index in [1.165, 1.54) is 11.1 Å². The van der Waals surface area contributed by atoms with Crippen molar-refractivity contribution in [2.24, 2.45) is 0 Å². The standard InChI is InChI=1S/C22H27N5/c1-18-23-22(25-24-18)21-12-13-26(16-19-8-4-2-5-9-19)14-15-27(21)17-20-10-6-3-7-11-20/h2-11,21H,12-17H2,1H3,(H,23,24,25). The Morgan fingerprint density at radius 3 is 2.19 bits per heavy atom. The molecule has 1 aliphatic heterocycles.